The molecule has 0 aromatic heterocycles. The third kappa shape index (κ3) is 21.3. The Balaban J connectivity index is 1.87. The molecule has 1 aliphatic rings. The molecule has 1 heterocycles. The number of aliphatic carboxylic acids is 3. The molecular formula is C52H74N10O15. The van der Waals surface area contributed by atoms with Gasteiger partial charge in [-0.3, -0.25) is 52.7 Å². The number of rotatable bonds is 32. The number of hydrogen-bond acceptors (Lipinski definition) is 13. The van der Waals surface area contributed by atoms with Gasteiger partial charge in [0.1, 0.15) is 48.3 Å². The van der Waals surface area contributed by atoms with Crippen LogP contribution in [0.25, 0.3) is 0 Å². The number of nitrogens with two attached hydrogens (primary N) is 2. The van der Waals surface area contributed by atoms with Crippen LogP contribution in [0.1, 0.15) is 104 Å². The van der Waals surface area contributed by atoms with Crippen LogP contribution >= 0.6 is 0 Å². The molecule has 77 heavy (non-hydrogen) atoms. The maximum atomic E-state index is 14.4. The van der Waals surface area contributed by atoms with Crippen LogP contribution in [0.15, 0.2) is 60.7 Å². The van der Waals surface area contributed by atoms with E-state index in [4.69, 9.17) is 11.5 Å². The number of carbonyl (C=O) groups is 12. The van der Waals surface area contributed by atoms with E-state index in [1.807, 2.05) is 13.8 Å². The van der Waals surface area contributed by atoms with Crippen molar-refractivity contribution in [2.75, 3.05) is 6.54 Å². The van der Waals surface area contributed by atoms with Crippen molar-refractivity contribution in [3.63, 3.8) is 0 Å². The summed E-state index contributed by atoms with van der Waals surface area (Å²) in [6.07, 6.45) is -2.24. The molecule has 1 fully saturated rings. The highest BCUT2D eigenvalue weighted by Gasteiger charge is 2.39. The molecule has 10 atom stereocenters. The van der Waals surface area contributed by atoms with Gasteiger partial charge in [0, 0.05) is 32.2 Å². The van der Waals surface area contributed by atoms with E-state index in [1.165, 1.54) is 11.8 Å². The second-order valence-electron chi connectivity index (χ2n) is 19.6. The Labute approximate surface area is 446 Å². The van der Waals surface area contributed by atoms with Crippen LogP contribution in [0.3, 0.4) is 0 Å². The molecule has 1 aliphatic heterocycles. The number of benzene rings is 2. The van der Waals surface area contributed by atoms with Crippen molar-refractivity contribution in [3.8, 4) is 0 Å². The number of carboxylic acid groups (broad SMARTS) is 3. The van der Waals surface area contributed by atoms with Gasteiger partial charge in [-0.25, -0.2) is 4.79 Å². The smallest absolute Gasteiger partial charge is 0.326 e. The van der Waals surface area contributed by atoms with Crippen LogP contribution in [0, 0.1) is 11.8 Å². The molecule has 25 heteroatoms. The lowest BCUT2D eigenvalue weighted by Gasteiger charge is -2.30. The van der Waals surface area contributed by atoms with E-state index in [0.717, 1.165) is 0 Å². The lowest BCUT2D eigenvalue weighted by atomic mass is 9.98. The number of likely N-dealkylation sites (tertiary alicyclic amines) is 1. The Morgan fingerprint density at radius 2 is 1.01 bits per heavy atom. The Hall–Kier alpha value is -7.96. The summed E-state index contributed by atoms with van der Waals surface area (Å²) in [5, 5.41) is 46.1. The third-order valence-electron chi connectivity index (χ3n) is 12.9. The maximum absolute atomic E-state index is 14.4. The first-order chi connectivity index (χ1) is 36.3. The molecule has 3 rings (SSSR count). The van der Waals surface area contributed by atoms with Crippen LogP contribution < -0.4 is 48.7 Å². The molecule has 9 amide bonds. The third-order valence-corrected chi connectivity index (χ3v) is 12.9. The lowest BCUT2D eigenvalue weighted by Crippen LogP contribution is -2.60. The van der Waals surface area contributed by atoms with Gasteiger partial charge in [0.25, 0.3) is 0 Å². The SMILES string of the molecule is CC[C@H](C)[C@H](N)C(=O)N1CCC[C@H]1C(=O)N[C@@H](C)C(=O)N[C@@H](CCC(=O)O)C(=O)N[C@@H](Cc1ccccc1)C(=O)N[C@@H](CC(C)C)C(=O)N[C@@H](CCC(=O)O)C(=O)N[C@@H](CC(N)=O)C(=O)N[C@@H](Cc1ccccc1)C(=O)O. The zero-order chi connectivity index (χ0) is 57.5. The average Bonchev–Trinajstić information content (AvgIpc) is 3.87. The molecule has 2 aromatic rings. The minimum Gasteiger partial charge on any atom is -0.481 e. The van der Waals surface area contributed by atoms with Crippen molar-refractivity contribution in [1.82, 2.24) is 42.1 Å². The fourth-order valence-corrected chi connectivity index (χ4v) is 8.32. The summed E-state index contributed by atoms with van der Waals surface area (Å²) in [4.78, 5) is 159. The van der Waals surface area contributed by atoms with Gasteiger partial charge in [-0.15, -0.1) is 0 Å². The Morgan fingerprint density at radius 1 is 0.584 bits per heavy atom. The summed E-state index contributed by atoms with van der Waals surface area (Å²) < 4.78 is 0. The highest BCUT2D eigenvalue weighted by molar-refractivity contribution is 5.99. The fraction of sp³-hybridized carbons (Fsp3) is 0.538. The van der Waals surface area contributed by atoms with E-state index >= 15 is 0 Å². The first-order valence-corrected chi connectivity index (χ1v) is 25.5. The van der Waals surface area contributed by atoms with Crippen LogP contribution in [0.5, 0.6) is 0 Å². The Morgan fingerprint density at radius 3 is 1.49 bits per heavy atom. The normalized spacial score (nSPS) is 16.6. The highest BCUT2D eigenvalue weighted by atomic mass is 16.4. The molecule has 0 saturated carbocycles. The van der Waals surface area contributed by atoms with Gasteiger partial charge in [-0.05, 0) is 62.0 Å². The van der Waals surface area contributed by atoms with Gasteiger partial charge in [-0.1, -0.05) is 94.8 Å². The highest BCUT2D eigenvalue weighted by Crippen LogP contribution is 2.21. The summed E-state index contributed by atoms with van der Waals surface area (Å²) in [6, 6.07) is 3.81. The van der Waals surface area contributed by atoms with Crippen molar-refractivity contribution < 1.29 is 72.9 Å². The number of hydrogen-bond donors (Lipinski definition) is 12. The molecular weight excluding hydrogens is 1000 g/mol. The van der Waals surface area contributed by atoms with Gasteiger partial charge in [0.2, 0.25) is 53.2 Å². The first kappa shape index (κ1) is 63.3. The van der Waals surface area contributed by atoms with E-state index in [9.17, 15) is 72.9 Å². The minimum atomic E-state index is -1.79. The number of nitrogens with one attached hydrogen (secondary N) is 7. The molecule has 0 aliphatic carbocycles. The van der Waals surface area contributed by atoms with E-state index in [1.54, 1.807) is 74.5 Å². The van der Waals surface area contributed by atoms with Gasteiger partial charge < -0.3 is 68.9 Å². The van der Waals surface area contributed by atoms with Gasteiger partial charge in [0.15, 0.2) is 0 Å². The molecule has 2 aromatic carbocycles. The number of amides is 9. The summed E-state index contributed by atoms with van der Waals surface area (Å²) in [7, 11) is 0. The topological polar surface area (TPSA) is 405 Å². The summed E-state index contributed by atoms with van der Waals surface area (Å²) >= 11 is 0. The molecule has 422 valence electrons. The van der Waals surface area contributed by atoms with Gasteiger partial charge >= 0.3 is 17.9 Å². The van der Waals surface area contributed by atoms with Crippen molar-refractivity contribution in [2.45, 2.75) is 160 Å². The lowest BCUT2D eigenvalue weighted by molar-refractivity contribution is -0.142. The van der Waals surface area contributed by atoms with E-state index < -0.39 is 158 Å². The molecule has 0 bridgehead atoms. The summed E-state index contributed by atoms with van der Waals surface area (Å²) in [5.74, 6) is -13.0. The first-order valence-electron chi connectivity index (χ1n) is 25.5. The molecule has 14 N–H and O–H groups in total. The second kappa shape index (κ2) is 31.2. The van der Waals surface area contributed by atoms with E-state index in [0.29, 0.717) is 30.4 Å². The number of primary amides is 1. The minimum absolute atomic E-state index is 0.0973. The van der Waals surface area contributed by atoms with Crippen molar-refractivity contribution in [1.29, 1.82) is 0 Å². The van der Waals surface area contributed by atoms with Crippen molar-refractivity contribution in [3.05, 3.63) is 71.8 Å². The van der Waals surface area contributed by atoms with E-state index in [-0.39, 0.29) is 37.6 Å². The zero-order valence-corrected chi connectivity index (χ0v) is 44.0. The molecule has 0 spiro atoms. The van der Waals surface area contributed by atoms with Crippen molar-refractivity contribution >= 4 is 71.1 Å². The summed E-state index contributed by atoms with van der Waals surface area (Å²) in [6.45, 7) is 8.71. The zero-order valence-electron chi connectivity index (χ0n) is 44.0. The molecule has 25 nitrogen and oxygen atoms in total. The molecule has 0 radical (unpaired) electrons. The average molecular weight is 1080 g/mol. The molecule has 0 unspecified atom stereocenters. The van der Waals surface area contributed by atoms with Crippen LogP contribution in [-0.2, 0) is 70.4 Å². The largest absolute Gasteiger partial charge is 0.481 e. The predicted molar refractivity (Wildman–Crippen MR) is 276 cm³/mol. The van der Waals surface area contributed by atoms with Gasteiger partial charge in [-0.2, -0.15) is 0 Å². The quantitative estimate of drug-likeness (QED) is 0.0417. The Kier molecular flexibility index (Phi) is 25.6. The number of carbonyl (C=O) groups excluding carboxylic acids is 9. The number of nitrogens with zero attached hydrogens (tertiary/aromatic N) is 1. The summed E-state index contributed by atoms with van der Waals surface area (Å²) in [5.41, 5.74) is 12.6. The number of carboxylic acids is 3. The monoisotopic (exact) mass is 1080 g/mol. The van der Waals surface area contributed by atoms with Crippen LogP contribution in [0.4, 0.5) is 0 Å². The standard InChI is InChI=1S/C52H74N10O15/c1-6-29(4)43(54)51(75)62-23-13-18-39(62)50(74)55-30(5)44(68)56-33(19-21-41(64)65)45(69)59-36(25-31-14-9-7-10-15-31)48(72)58-35(24-28(2)3)47(71)57-34(20-22-42(66)67)46(70)60-37(27-40(53)63)49(73)61-38(52(76)77)26-32-16-11-8-12-17-32/h7-12,14-17,28-30,33-39,43H,6,13,18-27,54H2,1-5H3,(H2,53,63)(H,55,74)(H,56,68)(H,57,71)(H,58,72)(H,59,69)(H,60,70)(H,61,73)(H,64,65)(H,66,67)(H,76,77)/t29-,30-,33-,34-,35-,36-,37-,38-,39-,43-/m0/s1. The van der Waals surface area contributed by atoms with E-state index in [2.05, 4.69) is 37.2 Å². The van der Waals surface area contributed by atoms with Gasteiger partial charge in [0.05, 0.1) is 12.5 Å². The fourth-order valence-electron chi connectivity index (χ4n) is 8.32. The molecule has 1 saturated heterocycles. The predicted octanol–water partition coefficient (Wildman–Crippen LogP) is -1.01. The maximum Gasteiger partial charge on any atom is 0.326 e. The van der Waals surface area contributed by atoms with Crippen LogP contribution in [0.2, 0.25) is 0 Å². The second-order valence-corrected chi connectivity index (χ2v) is 19.6. The van der Waals surface area contributed by atoms with Crippen LogP contribution in [-0.4, -0.2) is 152 Å². The Bertz CT molecular complexity index is 2410. The van der Waals surface area contributed by atoms with Crippen molar-refractivity contribution in [2.24, 2.45) is 23.3 Å².